The third-order valence-corrected chi connectivity index (χ3v) is 6.83. The summed E-state index contributed by atoms with van der Waals surface area (Å²) in [6.45, 7) is 3.93. The summed E-state index contributed by atoms with van der Waals surface area (Å²) in [5.41, 5.74) is 2.69. The summed E-state index contributed by atoms with van der Waals surface area (Å²) in [5.74, 6) is 2.35. The van der Waals surface area contributed by atoms with Crippen molar-refractivity contribution in [3.8, 4) is 51.2 Å². The van der Waals surface area contributed by atoms with Crippen LogP contribution in [0.4, 0.5) is 0 Å². The predicted octanol–water partition coefficient (Wildman–Crippen LogP) is 6.32. The molecule has 40 heavy (non-hydrogen) atoms. The Labute approximate surface area is 231 Å². The third kappa shape index (κ3) is 5.10. The van der Waals surface area contributed by atoms with Crippen LogP contribution in [-0.4, -0.2) is 34.5 Å². The first kappa shape index (κ1) is 26.8. The van der Waals surface area contributed by atoms with Gasteiger partial charge in [-0.05, 0) is 38.0 Å². The Morgan fingerprint density at radius 2 is 1.65 bits per heavy atom. The van der Waals surface area contributed by atoms with Crippen molar-refractivity contribution in [1.29, 1.82) is 0 Å². The minimum atomic E-state index is -0.526. The molecule has 0 saturated carbocycles. The number of pyridine rings is 1. The van der Waals surface area contributed by atoms with Gasteiger partial charge in [0, 0.05) is 16.8 Å². The summed E-state index contributed by atoms with van der Waals surface area (Å²) in [5, 5.41) is 19.9. The van der Waals surface area contributed by atoms with Gasteiger partial charge in [0.1, 0.15) is 34.3 Å². The van der Waals surface area contributed by atoms with Gasteiger partial charge in [0.2, 0.25) is 5.89 Å². The lowest BCUT2D eigenvalue weighted by Gasteiger charge is -2.18. The molecule has 0 radical (unpaired) electrons. The van der Waals surface area contributed by atoms with E-state index in [1.165, 1.54) is 0 Å². The first-order chi connectivity index (χ1) is 19.4. The van der Waals surface area contributed by atoms with E-state index in [2.05, 4.69) is 22.1 Å². The second kappa shape index (κ2) is 11.5. The lowest BCUT2D eigenvalue weighted by atomic mass is 9.96. The molecular weight excluding hydrogens is 510 g/mol. The van der Waals surface area contributed by atoms with Crippen LogP contribution in [0.2, 0.25) is 0 Å². The Balaban J connectivity index is 1.57. The number of aromatic amines is 1. The highest BCUT2D eigenvalue weighted by atomic mass is 16.5. The highest BCUT2D eigenvalue weighted by molar-refractivity contribution is 5.87. The molecule has 0 aliphatic heterocycles. The average molecular weight is 542 g/mol. The Morgan fingerprint density at radius 3 is 2.33 bits per heavy atom. The molecule has 0 aliphatic rings. The van der Waals surface area contributed by atoms with Crippen LogP contribution in [0.25, 0.3) is 33.9 Å². The van der Waals surface area contributed by atoms with E-state index >= 15 is 0 Å². The number of methoxy groups -OCH3 is 2. The second-order valence-corrected chi connectivity index (χ2v) is 9.41. The summed E-state index contributed by atoms with van der Waals surface area (Å²) in [6, 6.07) is 17.1. The number of ether oxygens (including phenoxy) is 2. The molecule has 0 spiro atoms. The molecule has 9 heteroatoms. The number of H-pyrrole nitrogens is 1. The van der Waals surface area contributed by atoms with Crippen molar-refractivity contribution in [1.82, 2.24) is 15.2 Å². The number of aromatic nitrogens is 3. The van der Waals surface area contributed by atoms with E-state index in [4.69, 9.17) is 18.3 Å². The first-order valence-electron chi connectivity index (χ1n) is 13.1. The highest BCUT2D eigenvalue weighted by Crippen LogP contribution is 2.46. The van der Waals surface area contributed by atoms with E-state index in [0.29, 0.717) is 41.2 Å². The van der Waals surface area contributed by atoms with Gasteiger partial charge < -0.3 is 28.4 Å². The van der Waals surface area contributed by atoms with Gasteiger partial charge in [0.15, 0.2) is 0 Å². The van der Waals surface area contributed by atoms with Crippen LogP contribution in [-0.2, 0) is 12.8 Å². The normalized spacial score (nSPS) is 11.1. The first-order valence-corrected chi connectivity index (χ1v) is 13.1. The second-order valence-electron chi connectivity index (χ2n) is 9.41. The topological polar surface area (TPSA) is 124 Å². The molecule has 0 bridgehead atoms. The summed E-state index contributed by atoms with van der Waals surface area (Å²) in [7, 11) is 3.08. The van der Waals surface area contributed by atoms with Gasteiger partial charge in [-0.1, -0.05) is 49.7 Å². The fraction of sp³-hybridized carbons (Fsp3) is 0.258. The van der Waals surface area contributed by atoms with Crippen molar-refractivity contribution in [2.45, 2.75) is 39.5 Å². The van der Waals surface area contributed by atoms with Gasteiger partial charge in [-0.3, -0.25) is 4.79 Å². The van der Waals surface area contributed by atoms with E-state index in [9.17, 15) is 9.90 Å². The Bertz CT molecular complexity index is 1660. The number of rotatable bonds is 10. The smallest absolute Gasteiger partial charge is 0.264 e. The molecule has 0 fully saturated rings. The summed E-state index contributed by atoms with van der Waals surface area (Å²) >= 11 is 0. The maximum absolute atomic E-state index is 13.3. The molecule has 5 aromatic rings. The van der Waals surface area contributed by atoms with Crippen molar-refractivity contribution in [3.05, 3.63) is 87.9 Å². The molecule has 0 aliphatic carbocycles. The fourth-order valence-corrected chi connectivity index (χ4v) is 4.77. The van der Waals surface area contributed by atoms with Crippen molar-refractivity contribution >= 4 is 0 Å². The standard InChI is InChI=1S/C31H31N3O6/c1-5-6-13-21-26(27-22(37-3)14-10-15-23(27)38-4)29(35)28(30(36)32-21)31-34-33-25(40-31)17-20-16-24(39-18(20)2)19-11-8-7-9-12-19/h7-12,14-16H,5-6,13,17H2,1-4H3,(H2,32,35,36). The molecule has 5 rings (SSSR count). The minimum absolute atomic E-state index is 0.0877. The van der Waals surface area contributed by atoms with E-state index in [-0.39, 0.29) is 23.1 Å². The van der Waals surface area contributed by atoms with Crippen LogP contribution in [0, 0.1) is 6.92 Å². The molecule has 0 unspecified atom stereocenters. The van der Waals surface area contributed by atoms with Crippen molar-refractivity contribution in [2.24, 2.45) is 0 Å². The fourth-order valence-electron chi connectivity index (χ4n) is 4.77. The van der Waals surface area contributed by atoms with Crippen LogP contribution >= 0.6 is 0 Å². The molecule has 2 aromatic carbocycles. The van der Waals surface area contributed by atoms with Crippen LogP contribution in [0.3, 0.4) is 0 Å². The van der Waals surface area contributed by atoms with Crippen LogP contribution < -0.4 is 15.0 Å². The van der Waals surface area contributed by atoms with Crippen molar-refractivity contribution in [3.63, 3.8) is 0 Å². The van der Waals surface area contributed by atoms with E-state index in [1.54, 1.807) is 32.4 Å². The van der Waals surface area contributed by atoms with E-state index in [1.807, 2.05) is 43.3 Å². The minimum Gasteiger partial charge on any atom is -0.506 e. The Kier molecular flexibility index (Phi) is 7.72. The number of benzene rings is 2. The predicted molar refractivity (Wildman–Crippen MR) is 151 cm³/mol. The summed E-state index contributed by atoms with van der Waals surface area (Å²) in [4.78, 5) is 16.2. The maximum Gasteiger partial charge on any atom is 0.264 e. The molecule has 206 valence electrons. The molecule has 0 atom stereocenters. The maximum atomic E-state index is 13.3. The average Bonchev–Trinajstić information content (AvgIpc) is 3.58. The van der Waals surface area contributed by atoms with E-state index in [0.717, 1.165) is 35.5 Å². The third-order valence-electron chi connectivity index (χ3n) is 6.83. The molecular formula is C31H31N3O6. The highest BCUT2D eigenvalue weighted by Gasteiger charge is 2.27. The van der Waals surface area contributed by atoms with Gasteiger partial charge >= 0.3 is 0 Å². The molecule has 3 heterocycles. The number of unbranched alkanes of at least 4 members (excludes halogenated alkanes) is 1. The quantitative estimate of drug-likeness (QED) is 0.211. The number of hydrogen-bond acceptors (Lipinski definition) is 8. The SMILES string of the molecule is CCCCc1[nH]c(=O)c(-c2nnc(Cc3cc(-c4ccccc4)oc3C)o2)c(O)c1-c1c(OC)cccc1OC. The number of nitrogens with one attached hydrogen (secondary N) is 1. The number of furan rings is 1. The largest absolute Gasteiger partial charge is 0.506 e. The summed E-state index contributed by atoms with van der Waals surface area (Å²) < 4.78 is 23.1. The number of hydrogen-bond donors (Lipinski definition) is 2. The Morgan fingerprint density at radius 1 is 0.925 bits per heavy atom. The van der Waals surface area contributed by atoms with Gasteiger partial charge in [-0.2, -0.15) is 0 Å². The number of aryl methyl sites for hydroxylation is 2. The van der Waals surface area contributed by atoms with Crippen LogP contribution in [0.1, 0.15) is 42.7 Å². The van der Waals surface area contributed by atoms with Gasteiger partial charge in [-0.15, -0.1) is 10.2 Å². The number of aromatic hydroxyl groups is 1. The van der Waals surface area contributed by atoms with Gasteiger partial charge in [-0.25, -0.2) is 0 Å². The van der Waals surface area contributed by atoms with Gasteiger partial charge in [0.05, 0.1) is 31.8 Å². The summed E-state index contributed by atoms with van der Waals surface area (Å²) in [6.07, 6.45) is 2.54. The molecule has 3 aromatic heterocycles. The van der Waals surface area contributed by atoms with Crippen molar-refractivity contribution in [2.75, 3.05) is 14.2 Å². The zero-order valence-corrected chi connectivity index (χ0v) is 22.9. The van der Waals surface area contributed by atoms with Crippen molar-refractivity contribution < 1.29 is 23.4 Å². The zero-order valence-electron chi connectivity index (χ0n) is 22.9. The lowest BCUT2D eigenvalue weighted by Crippen LogP contribution is -2.14. The van der Waals surface area contributed by atoms with Gasteiger partial charge in [0.25, 0.3) is 11.4 Å². The molecule has 2 N–H and O–H groups in total. The monoisotopic (exact) mass is 541 g/mol. The number of nitrogens with zero attached hydrogens (tertiary/aromatic N) is 2. The van der Waals surface area contributed by atoms with Crippen LogP contribution in [0.15, 0.2) is 68.2 Å². The molecule has 0 amide bonds. The zero-order chi connectivity index (χ0) is 28.2. The van der Waals surface area contributed by atoms with Crippen LogP contribution in [0.5, 0.6) is 17.2 Å². The molecule has 0 saturated heterocycles. The van der Waals surface area contributed by atoms with E-state index < -0.39 is 5.56 Å². The Hall–Kier alpha value is -4.79. The molecule has 9 nitrogen and oxygen atoms in total. The lowest BCUT2D eigenvalue weighted by molar-refractivity contribution is 0.396.